The van der Waals surface area contributed by atoms with Gasteiger partial charge in [0.05, 0.1) is 25.4 Å². The lowest BCUT2D eigenvalue weighted by Gasteiger charge is -2.71. The Labute approximate surface area is 243 Å². The maximum atomic E-state index is 15.3. The largest absolute Gasteiger partial charge is 0.510 e. The molecule has 1 amide bonds. The average molecular weight is 602 g/mol. The first-order valence-electron chi connectivity index (χ1n) is 13.3. The van der Waals surface area contributed by atoms with Crippen LogP contribution in [0.2, 0.25) is 0 Å². The van der Waals surface area contributed by atoms with E-state index in [0.717, 1.165) is 23.6 Å². The molecule has 1 unspecified atom stereocenters. The highest BCUT2D eigenvalue weighted by Crippen LogP contribution is 2.66. The first kappa shape index (κ1) is 27.2. The molecule has 3 aliphatic heterocycles. The number of aliphatic hydroxyl groups excluding tert-OH is 1. The molecule has 220 valence electrons. The van der Waals surface area contributed by atoms with Crippen molar-refractivity contribution in [2.45, 2.75) is 53.3 Å². The van der Waals surface area contributed by atoms with Crippen molar-refractivity contribution in [2.75, 3.05) is 20.6 Å². The molecule has 4 fully saturated rings. The lowest BCUT2D eigenvalue weighted by atomic mass is 9.46. The molecule has 2 aromatic carbocycles. The summed E-state index contributed by atoms with van der Waals surface area (Å²) in [6.45, 7) is -0.640. The minimum absolute atomic E-state index is 0.00684. The van der Waals surface area contributed by atoms with Crippen molar-refractivity contribution < 1.29 is 42.1 Å². The fourth-order valence-corrected chi connectivity index (χ4v) is 7.83. The number of aliphatic hydroxyl groups is 1. The third kappa shape index (κ3) is 4.01. The molecule has 0 spiro atoms. The molecule has 1 N–H and O–H groups in total. The summed E-state index contributed by atoms with van der Waals surface area (Å²) in [7, 11) is 1.13. The minimum Gasteiger partial charge on any atom is -0.456 e. The number of benzene rings is 2. The number of hydrogen-bond donors (Lipinski definition) is 1. The Balaban J connectivity index is 1.38. The van der Waals surface area contributed by atoms with Crippen LogP contribution in [0.5, 0.6) is 0 Å². The van der Waals surface area contributed by atoms with Gasteiger partial charge in [0.25, 0.3) is 5.91 Å². The van der Waals surface area contributed by atoms with E-state index >= 15 is 4.39 Å². The molecular formula is C29H26F3N3O6S. The van der Waals surface area contributed by atoms with Crippen LogP contribution in [0.1, 0.15) is 42.0 Å². The Morgan fingerprint density at radius 3 is 2.64 bits per heavy atom. The van der Waals surface area contributed by atoms with Crippen LogP contribution in [0.4, 0.5) is 18.0 Å². The summed E-state index contributed by atoms with van der Waals surface area (Å²) < 4.78 is 59.4. The summed E-state index contributed by atoms with van der Waals surface area (Å²) in [5, 5.41) is 14.2. The Bertz CT molecular complexity index is 1550. The SMILES string of the molecule is COC(=O)OCOC1=C2C(=O)N(C34CC(F)(C3)C4)CN([C@@H]3c4ccccc4SCc4c3ccc(F)c4F)N2C=CC1O. The molecule has 2 bridgehead atoms. The van der Waals surface area contributed by atoms with Crippen LogP contribution in [0.3, 0.4) is 0 Å². The van der Waals surface area contributed by atoms with E-state index in [4.69, 9.17) is 9.47 Å². The van der Waals surface area contributed by atoms with Gasteiger partial charge in [-0.15, -0.1) is 11.8 Å². The van der Waals surface area contributed by atoms with Crippen molar-refractivity contribution in [3.05, 3.63) is 88.5 Å². The van der Waals surface area contributed by atoms with Gasteiger partial charge in [0.1, 0.15) is 11.8 Å². The summed E-state index contributed by atoms with van der Waals surface area (Å²) in [4.78, 5) is 28.1. The molecule has 1 saturated heterocycles. The molecule has 6 aliphatic rings. The van der Waals surface area contributed by atoms with Crippen LogP contribution < -0.4 is 0 Å². The molecule has 9 nitrogen and oxygen atoms in total. The van der Waals surface area contributed by atoms with Crippen molar-refractivity contribution in [1.82, 2.24) is 14.9 Å². The number of methoxy groups -OCH3 is 1. The van der Waals surface area contributed by atoms with Gasteiger partial charge in [0.15, 0.2) is 23.1 Å². The Morgan fingerprint density at radius 2 is 1.90 bits per heavy atom. The fourth-order valence-electron chi connectivity index (χ4n) is 6.71. The van der Waals surface area contributed by atoms with E-state index in [1.54, 1.807) is 11.0 Å². The molecular weight excluding hydrogens is 575 g/mol. The lowest BCUT2D eigenvalue weighted by molar-refractivity contribution is -0.247. The minimum atomic E-state index is -1.36. The standard InChI is InChI=1S/C29H26F3N3O6S/c1-39-27(38)41-15-40-25-20(36)8-9-34-24(25)26(37)33(29-11-28(32,12-29)13-29)14-35(34)23-16-6-7-19(30)22(31)18(16)10-42-21-5-3-2-4-17(21)23/h2-9,20,23,36H,10-15H2,1H3/t20?,23-,28?,29?/m0/s1. The van der Waals surface area contributed by atoms with Gasteiger partial charge in [-0.05, 0) is 29.3 Å². The first-order valence-corrected chi connectivity index (χ1v) is 14.3. The van der Waals surface area contributed by atoms with Crippen LogP contribution in [0, 0.1) is 11.6 Å². The number of ether oxygens (including phenoxy) is 3. The van der Waals surface area contributed by atoms with Crippen molar-refractivity contribution in [2.24, 2.45) is 0 Å². The number of fused-ring (bicyclic) bond motifs is 3. The molecule has 8 rings (SSSR count). The van der Waals surface area contributed by atoms with Gasteiger partial charge in [-0.2, -0.15) is 5.01 Å². The van der Waals surface area contributed by atoms with Gasteiger partial charge in [0.2, 0.25) is 6.79 Å². The molecule has 2 aromatic rings. The van der Waals surface area contributed by atoms with Crippen LogP contribution in [-0.4, -0.2) is 70.0 Å². The Morgan fingerprint density at radius 1 is 1.14 bits per heavy atom. The molecule has 3 heterocycles. The second kappa shape index (κ2) is 9.68. The summed E-state index contributed by atoms with van der Waals surface area (Å²) in [6.07, 6.45) is 1.08. The smallest absolute Gasteiger partial charge is 0.456 e. The highest BCUT2D eigenvalue weighted by atomic mass is 32.2. The van der Waals surface area contributed by atoms with E-state index in [0.29, 0.717) is 5.56 Å². The van der Waals surface area contributed by atoms with Crippen molar-refractivity contribution >= 4 is 23.8 Å². The third-order valence-electron chi connectivity index (χ3n) is 8.63. The van der Waals surface area contributed by atoms with Gasteiger partial charge in [-0.25, -0.2) is 18.0 Å². The summed E-state index contributed by atoms with van der Waals surface area (Å²) in [5.74, 6) is -2.38. The number of halogens is 3. The van der Waals surface area contributed by atoms with Gasteiger partial charge >= 0.3 is 6.16 Å². The average Bonchev–Trinajstić information content (AvgIpc) is 3.11. The monoisotopic (exact) mass is 601 g/mol. The van der Waals surface area contributed by atoms with Crippen molar-refractivity contribution in [3.63, 3.8) is 0 Å². The highest BCUT2D eigenvalue weighted by molar-refractivity contribution is 7.98. The molecule has 0 aromatic heterocycles. The molecule has 2 atom stereocenters. The predicted molar refractivity (Wildman–Crippen MR) is 142 cm³/mol. The Kier molecular flexibility index (Phi) is 6.26. The van der Waals surface area contributed by atoms with E-state index < -0.39 is 53.8 Å². The van der Waals surface area contributed by atoms with Crippen LogP contribution >= 0.6 is 11.8 Å². The van der Waals surface area contributed by atoms with E-state index in [1.165, 1.54) is 29.0 Å². The van der Waals surface area contributed by atoms with Gasteiger partial charge in [-0.1, -0.05) is 24.3 Å². The first-order chi connectivity index (χ1) is 20.1. The normalized spacial score (nSPS) is 29.5. The zero-order chi connectivity index (χ0) is 29.4. The van der Waals surface area contributed by atoms with Crippen LogP contribution in [-0.2, 0) is 24.8 Å². The number of rotatable bonds is 5. The molecule has 42 heavy (non-hydrogen) atoms. The highest BCUT2D eigenvalue weighted by Gasteiger charge is 2.73. The summed E-state index contributed by atoms with van der Waals surface area (Å²) >= 11 is 1.38. The van der Waals surface area contributed by atoms with Crippen LogP contribution in [0.15, 0.2) is 65.0 Å². The number of alkyl halides is 1. The number of hydrazine groups is 1. The Hall–Kier alpha value is -3.68. The van der Waals surface area contributed by atoms with Gasteiger partial charge in [-0.3, -0.25) is 9.80 Å². The quantitative estimate of drug-likeness (QED) is 0.394. The van der Waals surface area contributed by atoms with E-state index in [-0.39, 0.29) is 48.7 Å². The van der Waals surface area contributed by atoms with Crippen molar-refractivity contribution in [3.8, 4) is 0 Å². The third-order valence-corrected chi connectivity index (χ3v) is 9.75. The molecule has 0 radical (unpaired) electrons. The topological polar surface area (TPSA) is 91.8 Å². The van der Waals surface area contributed by atoms with E-state index in [9.17, 15) is 23.5 Å². The fraction of sp³-hybridized carbons (Fsp3) is 0.379. The van der Waals surface area contributed by atoms with E-state index in [1.807, 2.05) is 29.3 Å². The number of hydrogen-bond acceptors (Lipinski definition) is 9. The maximum Gasteiger partial charge on any atom is 0.510 e. The maximum absolute atomic E-state index is 15.3. The second-order valence-corrected chi connectivity index (χ2v) is 12.1. The summed E-state index contributed by atoms with van der Waals surface area (Å²) in [5.41, 5.74) is -0.575. The van der Waals surface area contributed by atoms with E-state index in [2.05, 4.69) is 4.74 Å². The lowest BCUT2D eigenvalue weighted by Crippen LogP contribution is -2.80. The number of thioether (sulfide) groups is 1. The van der Waals surface area contributed by atoms with Crippen LogP contribution in [0.25, 0.3) is 0 Å². The van der Waals surface area contributed by atoms with Gasteiger partial charge in [0, 0.05) is 41.7 Å². The zero-order valence-corrected chi connectivity index (χ0v) is 23.2. The molecule has 13 heteroatoms. The molecule has 3 aliphatic carbocycles. The number of nitrogens with zero attached hydrogens (tertiary/aromatic N) is 3. The van der Waals surface area contributed by atoms with Crippen molar-refractivity contribution in [1.29, 1.82) is 0 Å². The van der Waals surface area contributed by atoms with Gasteiger partial charge < -0.3 is 24.2 Å². The summed E-state index contributed by atoms with van der Waals surface area (Å²) in [6, 6.07) is 9.45. The zero-order valence-electron chi connectivity index (χ0n) is 22.4. The number of carbonyl (C=O) groups excluding carboxylic acids is 2. The molecule has 3 saturated carbocycles. The number of amides is 1. The number of carbonyl (C=O) groups is 2. The predicted octanol–water partition coefficient (Wildman–Crippen LogP) is 4.48. The second-order valence-electron chi connectivity index (χ2n) is 11.1.